The molecular weight excluding hydrogens is 400 g/mol. The van der Waals surface area contributed by atoms with Gasteiger partial charge in [-0.15, -0.1) is 0 Å². The molecule has 0 saturated carbocycles. The minimum atomic E-state index is -0.164. The number of hydrogen-bond acceptors (Lipinski definition) is 6. The van der Waals surface area contributed by atoms with Crippen molar-refractivity contribution in [3.05, 3.63) is 47.9 Å². The summed E-state index contributed by atoms with van der Waals surface area (Å²) in [6, 6.07) is 10.8. The van der Waals surface area contributed by atoms with Crippen LogP contribution in [0.4, 0.5) is 0 Å². The van der Waals surface area contributed by atoms with Crippen molar-refractivity contribution in [3.63, 3.8) is 0 Å². The highest BCUT2D eigenvalue weighted by Gasteiger charge is 2.28. The highest BCUT2D eigenvalue weighted by molar-refractivity contribution is 5.91. The number of benzene rings is 1. The molecule has 0 radical (unpaired) electrons. The first-order valence-corrected chi connectivity index (χ1v) is 10.5. The SMILES string of the molecule is COCCCNC(=O)C1CCN(C(=O)c2ccc(COc3ccccc3OC)o2)CC1. The first kappa shape index (κ1) is 22.7. The van der Waals surface area contributed by atoms with Crippen molar-refractivity contribution in [3.8, 4) is 11.5 Å². The first-order valence-electron chi connectivity index (χ1n) is 10.5. The third kappa shape index (κ3) is 6.24. The van der Waals surface area contributed by atoms with Gasteiger partial charge in [0.25, 0.3) is 5.91 Å². The van der Waals surface area contributed by atoms with Crippen LogP contribution in [0, 0.1) is 5.92 Å². The van der Waals surface area contributed by atoms with Crippen LogP contribution in [0.5, 0.6) is 11.5 Å². The Balaban J connectivity index is 1.46. The van der Waals surface area contributed by atoms with Crippen molar-refractivity contribution in [2.75, 3.05) is 40.5 Å². The van der Waals surface area contributed by atoms with Crippen LogP contribution in [-0.4, -0.2) is 57.2 Å². The maximum atomic E-state index is 12.8. The van der Waals surface area contributed by atoms with E-state index in [-0.39, 0.29) is 30.1 Å². The number of carbonyl (C=O) groups excluding carboxylic acids is 2. The Morgan fingerprint density at radius 3 is 2.55 bits per heavy atom. The number of rotatable bonds is 10. The summed E-state index contributed by atoms with van der Waals surface area (Å²) in [4.78, 5) is 26.7. The van der Waals surface area contributed by atoms with Gasteiger partial charge in [0.1, 0.15) is 12.4 Å². The zero-order chi connectivity index (χ0) is 22.1. The molecule has 3 rings (SSSR count). The van der Waals surface area contributed by atoms with E-state index >= 15 is 0 Å². The topological polar surface area (TPSA) is 90.2 Å². The minimum Gasteiger partial charge on any atom is -0.493 e. The molecule has 8 nitrogen and oxygen atoms in total. The van der Waals surface area contributed by atoms with Gasteiger partial charge in [0.15, 0.2) is 17.3 Å². The van der Waals surface area contributed by atoms with Gasteiger partial charge in [0, 0.05) is 39.3 Å². The Morgan fingerprint density at radius 1 is 1.10 bits per heavy atom. The van der Waals surface area contributed by atoms with Gasteiger partial charge in [-0.2, -0.15) is 0 Å². The molecule has 1 aromatic heterocycles. The predicted octanol–water partition coefficient (Wildman–Crippen LogP) is 2.87. The molecule has 1 aliphatic heterocycles. The summed E-state index contributed by atoms with van der Waals surface area (Å²) in [6.07, 6.45) is 2.08. The third-order valence-electron chi connectivity index (χ3n) is 5.29. The van der Waals surface area contributed by atoms with Gasteiger partial charge in [-0.25, -0.2) is 0 Å². The molecule has 0 spiro atoms. The molecule has 1 aromatic carbocycles. The minimum absolute atomic E-state index is 0.0528. The van der Waals surface area contributed by atoms with Gasteiger partial charge >= 0.3 is 0 Å². The van der Waals surface area contributed by atoms with E-state index in [1.807, 2.05) is 24.3 Å². The lowest BCUT2D eigenvalue weighted by Gasteiger charge is -2.30. The monoisotopic (exact) mass is 430 g/mol. The fourth-order valence-electron chi connectivity index (χ4n) is 3.53. The lowest BCUT2D eigenvalue weighted by Crippen LogP contribution is -2.43. The Kier molecular flexibility index (Phi) is 8.35. The average molecular weight is 431 g/mol. The van der Waals surface area contributed by atoms with Crippen LogP contribution in [-0.2, 0) is 16.1 Å². The molecule has 31 heavy (non-hydrogen) atoms. The number of methoxy groups -OCH3 is 2. The van der Waals surface area contributed by atoms with Gasteiger partial charge in [0.2, 0.25) is 5.91 Å². The summed E-state index contributed by atoms with van der Waals surface area (Å²) >= 11 is 0. The lowest BCUT2D eigenvalue weighted by atomic mass is 9.95. The number of furan rings is 1. The summed E-state index contributed by atoms with van der Waals surface area (Å²) in [5.41, 5.74) is 0. The van der Waals surface area contributed by atoms with E-state index in [1.165, 1.54) is 0 Å². The molecule has 2 aromatic rings. The number of ether oxygens (including phenoxy) is 3. The summed E-state index contributed by atoms with van der Waals surface area (Å²) in [7, 11) is 3.23. The normalized spacial score (nSPS) is 14.3. The Morgan fingerprint density at radius 2 is 1.84 bits per heavy atom. The quantitative estimate of drug-likeness (QED) is 0.583. The van der Waals surface area contributed by atoms with E-state index in [9.17, 15) is 9.59 Å². The van der Waals surface area contributed by atoms with E-state index < -0.39 is 0 Å². The maximum Gasteiger partial charge on any atom is 0.289 e. The second-order valence-corrected chi connectivity index (χ2v) is 7.41. The fourth-order valence-corrected chi connectivity index (χ4v) is 3.53. The molecule has 2 heterocycles. The summed E-state index contributed by atoms with van der Waals surface area (Å²) in [5, 5.41) is 2.94. The smallest absolute Gasteiger partial charge is 0.289 e. The molecular formula is C23H30N2O6. The Bertz CT molecular complexity index is 857. The number of nitrogens with one attached hydrogen (secondary N) is 1. The van der Waals surface area contributed by atoms with Gasteiger partial charge in [-0.05, 0) is 43.5 Å². The van der Waals surface area contributed by atoms with Crippen LogP contribution in [0.2, 0.25) is 0 Å². The molecule has 0 aliphatic carbocycles. The van der Waals surface area contributed by atoms with Crippen LogP contribution in [0.15, 0.2) is 40.8 Å². The Labute approximate surface area is 182 Å². The number of likely N-dealkylation sites (tertiary alicyclic amines) is 1. The van der Waals surface area contributed by atoms with E-state index in [0.29, 0.717) is 56.3 Å². The van der Waals surface area contributed by atoms with Crippen molar-refractivity contribution in [1.82, 2.24) is 10.2 Å². The summed E-state index contributed by atoms with van der Waals surface area (Å²) in [5.74, 6) is 1.90. The van der Waals surface area contributed by atoms with Crippen LogP contribution in [0.25, 0.3) is 0 Å². The van der Waals surface area contributed by atoms with Gasteiger partial charge < -0.3 is 28.8 Å². The second kappa shape index (κ2) is 11.4. The van der Waals surface area contributed by atoms with Crippen molar-refractivity contribution in [2.24, 2.45) is 5.92 Å². The number of hydrogen-bond donors (Lipinski definition) is 1. The van der Waals surface area contributed by atoms with Crippen molar-refractivity contribution in [1.29, 1.82) is 0 Å². The molecule has 0 atom stereocenters. The molecule has 168 valence electrons. The van der Waals surface area contributed by atoms with Gasteiger partial charge in [-0.1, -0.05) is 12.1 Å². The number of carbonyl (C=O) groups is 2. The molecule has 1 fully saturated rings. The summed E-state index contributed by atoms with van der Waals surface area (Å²) in [6.45, 7) is 2.49. The third-order valence-corrected chi connectivity index (χ3v) is 5.29. The van der Waals surface area contributed by atoms with E-state index in [1.54, 1.807) is 31.3 Å². The molecule has 0 bridgehead atoms. The van der Waals surface area contributed by atoms with Crippen LogP contribution in [0.1, 0.15) is 35.6 Å². The van der Waals surface area contributed by atoms with E-state index in [4.69, 9.17) is 18.6 Å². The fraction of sp³-hybridized carbons (Fsp3) is 0.478. The van der Waals surface area contributed by atoms with Crippen LogP contribution < -0.4 is 14.8 Å². The zero-order valence-electron chi connectivity index (χ0n) is 18.1. The zero-order valence-corrected chi connectivity index (χ0v) is 18.1. The number of para-hydroxylation sites is 2. The van der Waals surface area contributed by atoms with Crippen LogP contribution in [0.3, 0.4) is 0 Å². The van der Waals surface area contributed by atoms with Gasteiger partial charge in [0.05, 0.1) is 7.11 Å². The van der Waals surface area contributed by atoms with Crippen LogP contribution >= 0.6 is 0 Å². The summed E-state index contributed by atoms with van der Waals surface area (Å²) < 4.78 is 21.7. The lowest BCUT2D eigenvalue weighted by molar-refractivity contribution is -0.126. The molecule has 2 amide bonds. The number of nitrogens with zero attached hydrogens (tertiary/aromatic N) is 1. The standard InChI is InChI=1S/C23H30N2O6/c1-28-15-5-12-24-22(26)17-10-13-25(14-11-17)23(27)21-9-8-18(31-21)16-30-20-7-4-3-6-19(20)29-2/h3-4,6-9,17H,5,10-16H2,1-2H3,(H,24,26). The molecule has 1 saturated heterocycles. The molecule has 8 heteroatoms. The molecule has 1 N–H and O–H groups in total. The average Bonchev–Trinajstić information content (AvgIpc) is 3.29. The second-order valence-electron chi connectivity index (χ2n) is 7.41. The predicted molar refractivity (Wildman–Crippen MR) is 114 cm³/mol. The van der Waals surface area contributed by atoms with E-state index in [0.717, 1.165) is 6.42 Å². The molecule has 0 unspecified atom stereocenters. The highest BCUT2D eigenvalue weighted by atomic mass is 16.5. The largest absolute Gasteiger partial charge is 0.493 e. The van der Waals surface area contributed by atoms with Crippen molar-refractivity contribution in [2.45, 2.75) is 25.9 Å². The highest BCUT2D eigenvalue weighted by Crippen LogP contribution is 2.27. The number of amides is 2. The van der Waals surface area contributed by atoms with Gasteiger partial charge in [-0.3, -0.25) is 9.59 Å². The number of piperidine rings is 1. The van der Waals surface area contributed by atoms with Crippen molar-refractivity contribution >= 4 is 11.8 Å². The first-order chi connectivity index (χ1) is 15.1. The maximum absolute atomic E-state index is 12.8. The van der Waals surface area contributed by atoms with Crippen molar-refractivity contribution < 1.29 is 28.2 Å². The van der Waals surface area contributed by atoms with E-state index in [2.05, 4.69) is 5.32 Å². The molecule has 1 aliphatic rings. The Hall–Kier alpha value is -3.00.